The summed E-state index contributed by atoms with van der Waals surface area (Å²) in [5, 5.41) is 22.2. The van der Waals surface area contributed by atoms with E-state index in [2.05, 4.69) is 21.4 Å². The summed E-state index contributed by atoms with van der Waals surface area (Å²) >= 11 is 6.42. The van der Waals surface area contributed by atoms with Crippen LogP contribution in [-0.4, -0.2) is 28.4 Å². The highest BCUT2D eigenvalue weighted by atomic mass is 35.5. The van der Waals surface area contributed by atoms with Crippen LogP contribution in [0.2, 0.25) is 5.02 Å². The minimum absolute atomic E-state index is 0.00398. The van der Waals surface area contributed by atoms with E-state index in [-0.39, 0.29) is 19.9 Å². The Labute approximate surface area is 171 Å². The Morgan fingerprint density at radius 3 is 2.97 bits per heavy atom. The molecule has 1 aliphatic rings. The average Bonchev–Trinajstić information content (AvgIpc) is 3.22. The molecular formula is C20H16ClN5O3. The molecule has 0 spiro atoms. The molecule has 0 radical (unpaired) electrons. The van der Waals surface area contributed by atoms with Crippen molar-refractivity contribution >= 4 is 34.7 Å². The van der Waals surface area contributed by atoms with Crippen LogP contribution in [0.4, 0.5) is 23.1 Å². The Kier molecular flexibility index (Phi) is 5.33. The molecule has 0 amide bonds. The number of aliphatic hydroxyl groups excluding tert-OH is 1. The number of ether oxygens (including phenoxy) is 2. The third-order valence-electron chi connectivity index (χ3n) is 4.25. The molecule has 0 unspecified atom stereocenters. The summed E-state index contributed by atoms with van der Waals surface area (Å²) in [4.78, 5) is 10.4. The van der Waals surface area contributed by atoms with Gasteiger partial charge >= 0.3 is 0 Å². The molecule has 0 bridgehead atoms. The number of aliphatic hydroxyl groups is 1. The molecule has 0 aliphatic carbocycles. The van der Waals surface area contributed by atoms with Gasteiger partial charge in [-0.3, -0.25) is 0 Å². The smallest absolute Gasteiger partial charge is 0.231 e. The Morgan fingerprint density at radius 1 is 1.24 bits per heavy atom. The molecule has 0 saturated carbocycles. The maximum atomic E-state index is 9.37. The number of nitrogens with zero attached hydrogens (tertiary/aromatic N) is 4. The van der Waals surface area contributed by atoms with Gasteiger partial charge in [0, 0.05) is 11.9 Å². The van der Waals surface area contributed by atoms with Crippen LogP contribution in [0.5, 0.6) is 11.5 Å². The average molecular weight is 410 g/mol. The van der Waals surface area contributed by atoms with Crippen molar-refractivity contribution in [1.82, 2.24) is 9.97 Å². The number of aromatic nitrogens is 2. The van der Waals surface area contributed by atoms with Gasteiger partial charge in [0.1, 0.15) is 18.1 Å². The molecule has 4 rings (SSSR count). The zero-order valence-electron chi connectivity index (χ0n) is 15.2. The van der Waals surface area contributed by atoms with Gasteiger partial charge < -0.3 is 24.8 Å². The summed E-state index contributed by atoms with van der Waals surface area (Å²) in [6, 6.07) is 14.5. The Hall–Kier alpha value is -3.54. The third kappa shape index (κ3) is 3.87. The van der Waals surface area contributed by atoms with Crippen LogP contribution in [-0.2, 0) is 6.61 Å². The second-order valence-electron chi connectivity index (χ2n) is 6.10. The van der Waals surface area contributed by atoms with Crippen molar-refractivity contribution in [1.29, 1.82) is 5.26 Å². The highest BCUT2D eigenvalue weighted by molar-refractivity contribution is 6.34. The van der Waals surface area contributed by atoms with Crippen LogP contribution in [0.15, 0.2) is 48.7 Å². The number of nitriles is 1. The molecule has 1 aliphatic heterocycles. The number of hydrogen-bond donors (Lipinski definition) is 2. The standard InChI is InChI=1S/C20H16ClN5O3/c21-15-4-5-16-19(29-12-28-16)18(15)26(9-7-22)17-6-8-23-20(25-17)24-14-3-1-2-13(10-14)11-27/h1-6,8,10,27H,9,11-12H2,(H,23,24,25). The van der Waals surface area contributed by atoms with Crippen molar-refractivity contribution in [2.24, 2.45) is 0 Å². The zero-order chi connectivity index (χ0) is 20.2. The monoisotopic (exact) mass is 409 g/mol. The van der Waals surface area contributed by atoms with Crippen molar-refractivity contribution in [3.05, 3.63) is 59.2 Å². The van der Waals surface area contributed by atoms with Crippen molar-refractivity contribution < 1.29 is 14.6 Å². The Morgan fingerprint density at radius 2 is 2.14 bits per heavy atom. The van der Waals surface area contributed by atoms with E-state index in [0.717, 1.165) is 11.3 Å². The van der Waals surface area contributed by atoms with Gasteiger partial charge in [0.05, 0.1) is 17.7 Å². The second-order valence-corrected chi connectivity index (χ2v) is 6.50. The summed E-state index contributed by atoms with van der Waals surface area (Å²) in [7, 11) is 0. The number of nitrogens with one attached hydrogen (secondary N) is 1. The minimum atomic E-state index is -0.0634. The SMILES string of the molecule is N#CCN(c1ccnc(Nc2cccc(CO)c2)n1)c1c(Cl)ccc2c1OCO2. The van der Waals surface area contributed by atoms with Gasteiger partial charge in [-0.05, 0) is 35.9 Å². The van der Waals surface area contributed by atoms with Crippen LogP contribution in [0.3, 0.4) is 0 Å². The molecule has 0 atom stereocenters. The largest absolute Gasteiger partial charge is 0.454 e. The molecule has 1 aromatic heterocycles. The fourth-order valence-electron chi connectivity index (χ4n) is 2.97. The van der Waals surface area contributed by atoms with E-state index in [9.17, 15) is 10.4 Å². The predicted octanol–water partition coefficient (Wildman–Crippen LogP) is 3.76. The van der Waals surface area contributed by atoms with E-state index in [1.807, 2.05) is 18.2 Å². The fraction of sp³-hybridized carbons (Fsp3) is 0.150. The molecule has 2 heterocycles. The summed E-state index contributed by atoms with van der Waals surface area (Å²) in [5.74, 6) is 1.83. The van der Waals surface area contributed by atoms with Crippen molar-refractivity contribution in [3.8, 4) is 17.6 Å². The number of benzene rings is 2. The quantitative estimate of drug-likeness (QED) is 0.593. The predicted molar refractivity (Wildman–Crippen MR) is 108 cm³/mol. The highest BCUT2D eigenvalue weighted by Gasteiger charge is 2.26. The van der Waals surface area contributed by atoms with E-state index in [1.54, 1.807) is 35.4 Å². The van der Waals surface area contributed by atoms with Crippen molar-refractivity contribution in [2.75, 3.05) is 23.6 Å². The molecular weight excluding hydrogens is 394 g/mol. The van der Waals surface area contributed by atoms with Crippen LogP contribution >= 0.6 is 11.6 Å². The van der Waals surface area contributed by atoms with Crippen LogP contribution in [0.25, 0.3) is 0 Å². The molecule has 9 heteroatoms. The summed E-state index contributed by atoms with van der Waals surface area (Å²) in [6.07, 6.45) is 1.58. The first-order valence-corrected chi connectivity index (χ1v) is 9.10. The third-order valence-corrected chi connectivity index (χ3v) is 4.55. The van der Waals surface area contributed by atoms with Crippen LogP contribution in [0, 0.1) is 11.3 Å². The first kappa shape index (κ1) is 18.8. The number of anilines is 4. The Balaban J connectivity index is 1.70. The van der Waals surface area contributed by atoms with Gasteiger partial charge in [0.15, 0.2) is 11.5 Å². The lowest BCUT2D eigenvalue weighted by molar-refractivity contribution is 0.174. The van der Waals surface area contributed by atoms with Gasteiger partial charge in [-0.1, -0.05) is 23.7 Å². The number of fused-ring (bicyclic) bond motifs is 1. The second kappa shape index (κ2) is 8.22. The van der Waals surface area contributed by atoms with Crippen LogP contribution in [0.1, 0.15) is 5.56 Å². The molecule has 146 valence electrons. The van der Waals surface area contributed by atoms with Gasteiger partial charge in [0.2, 0.25) is 12.7 Å². The summed E-state index contributed by atoms with van der Waals surface area (Å²) < 4.78 is 11.0. The maximum Gasteiger partial charge on any atom is 0.231 e. The molecule has 0 saturated heterocycles. The lowest BCUT2D eigenvalue weighted by atomic mass is 10.2. The highest BCUT2D eigenvalue weighted by Crippen LogP contribution is 2.47. The van der Waals surface area contributed by atoms with Gasteiger partial charge in [-0.25, -0.2) is 4.98 Å². The Bertz CT molecular complexity index is 1090. The van der Waals surface area contributed by atoms with E-state index >= 15 is 0 Å². The first-order chi connectivity index (χ1) is 14.2. The van der Waals surface area contributed by atoms with E-state index in [1.165, 1.54) is 0 Å². The molecule has 29 heavy (non-hydrogen) atoms. The molecule has 2 aromatic carbocycles. The van der Waals surface area contributed by atoms with Crippen molar-refractivity contribution in [2.45, 2.75) is 6.61 Å². The molecule has 3 aromatic rings. The van der Waals surface area contributed by atoms with Gasteiger partial charge in [0.25, 0.3) is 0 Å². The zero-order valence-corrected chi connectivity index (χ0v) is 15.9. The van der Waals surface area contributed by atoms with Gasteiger partial charge in [-0.15, -0.1) is 0 Å². The first-order valence-electron chi connectivity index (χ1n) is 8.72. The maximum absolute atomic E-state index is 9.37. The van der Waals surface area contributed by atoms with E-state index in [4.69, 9.17) is 21.1 Å². The summed E-state index contributed by atoms with van der Waals surface area (Å²) in [5.41, 5.74) is 2.01. The van der Waals surface area contributed by atoms with Crippen molar-refractivity contribution in [3.63, 3.8) is 0 Å². The molecule has 2 N–H and O–H groups in total. The molecule has 0 fully saturated rings. The lowest BCUT2D eigenvalue weighted by Crippen LogP contribution is -2.20. The fourth-order valence-corrected chi connectivity index (χ4v) is 3.22. The van der Waals surface area contributed by atoms with Crippen LogP contribution < -0.4 is 19.7 Å². The molecule has 8 nitrogen and oxygen atoms in total. The van der Waals surface area contributed by atoms with Gasteiger partial charge in [-0.2, -0.15) is 10.2 Å². The van der Waals surface area contributed by atoms with E-state index in [0.29, 0.717) is 34.0 Å². The normalized spacial score (nSPS) is 11.8. The lowest BCUT2D eigenvalue weighted by Gasteiger charge is -2.23. The van der Waals surface area contributed by atoms with E-state index < -0.39 is 0 Å². The number of hydrogen-bond acceptors (Lipinski definition) is 8. The number of halogens is 1. The number of rotatable bonds is 6. The minimum Gasteiger partial charge on any atom is -0.454 e. The topological polar surface area (TPSA) is 104 Å². The summed E-state index contributed by atoms with van der Waals surface area (Å²) in [6.45, 7) is 0.0167.